The first-order chi connectivity index (χ1) is 16.6. The van der Waals surface area contributed by atoms with Crippen molar-refractivity contribution in [2.75, 3.05) is 13.1 Å². The number of aromatic nitrogens is 2. The average Bonchev–Trinajstić information content (AvgIpc) is 3.22. The van der Waals surface area contributed by atoms with E-state index in [-0.39, 0.29) is 17.6 Å². The second kappa shape index (κ2) is 10.1. The molecule has 174 valence electrons. The molecule has 5 rings (SSSR count). The van der Waals surface area contributed by atoms with Crippen molar-refractivity contribution in [1.29, 1.82) is 0 Å². The fraction of sp³-hybridized carbons (Fsp3) is 0.259. The lowest BCUT2D eigenvalue weighted by molar-refractivity contribution is -0.127. The predicted molar refractivity (Wildman–Crippen MR) is 135 cm³/mol. The van der Waals surface area contributed by atoms with Crippen LogP contribution in [-0.4, -0.2) is 33.4 Å². The smallest absolute Gasteiger partial charge is 0.224 e. The van der Waals surface area contributed by atoms with E-state index >= 15 is 0 Å². The van der Waals surface area contributed by atoms with E-state index in [2.05, 4.69) is 30.7 Å². The molecule has 1 saturated heterocycles. The number of piperidine rings is 1. The molecule has 5 nitrogen and oxygen atoms in total. The van der Waals surface area contributed by atoms with Gasteiger partial charge in [0.2, 0.25) is 5.91 Å². The molecule has 1 aliphatic heterocycles. The highest BCUT2D eigenvalue weighted by molar-refractivity contribution is 9.10. The first-order valence-corrected chi connectivity index (χ1v) is 12.3. The Kier molecular flexibility index (Phi) is 6.74. The Balaban J connectivity index is 1.31. The molecule has 0 bridgehead atoms. The van der Waals surface area contributed by atoms with Crippen LogP contribution in [0.3, 0.4) is 0 Å². The highest BCUT2D eigenvalue weighted by Crippen LogP contribution is 2.25. The van der Waals surface area contributed by atoms with Crippen LogP contribution in [0.5, 0.6) is 0 Å². The lowest BCUT2D eigenvalue weighted by Gasteiger charge is -2.31. The second-order valence-electron chi connectivity index (χ2n) is 8.75. The minimum Gasteiger partial charge on any atom is -0.352 e. The molecule has 0 unspecified atom stereocenters. The van der Waals surface area contributed by atoms with Crippen LogP contribution in [0.15, 0.2) is 77.3 Å². The number of carbonyl (C=O) groups is 1. The fourth-order valence-electron chi connectivity index (χ4n) is 4.61. The third-order valence-corrected chi connectivity index (χ3v) is 6.87. The number of amides is 1. The summed E-state index contributed by atoms with van der Waals surface area (Å²) in [5.41, 5.74) is 3.86. The summed E-state index contributed by atoms with van der Waals surface area (Å²) in [6.07, 6.45) is 1.85. The van der Waals surface area contributed by atoms with E-state index in [4.69, 9.17) is 4.98 Å². The molecule has 0 spiro atoms. The molecule has 1 fully saturated rings. The van der Waals surface area contributed by atoms with Gasteiger partial charge in [-0.25, -0.2) is 9.37 Å². The van der Waals surface area contributed by atoms with E-state index < -0.39 is 0 Å². The van der Waals surface area contributed by atoms with Crippen LogP contribution in [0.2, 0.25) is 0 Å². The summed E-state index contributed by atoms with van der Waals surface area (Å²) in [5, 5.41) is 3.10. The molecular formula is C27H26BrFN4O. The lowest BCUT2D eigenvalue weighted by atomic mass is 9.97. The number of rotatable bonds is 6. The molecule has 2 heterocycles. The maximum absolute atomic E-state index is 13.5. The Morgan fingerprint density at radius 3 is 2.62 bits per heavy atom. The van der Waals surface area contributed by atoms with Crippen molar-refractivity contribution in [3.63, 3.8) is 0 Å². The zero-order valence-electron chi connectivity index (χ0n) is 18.8. The third kappa shape index (κ3) is 5.05. The molecule has 0 radical (unpaired) electrons. The van der Waals surface area contributed by atoms with Gasteiger partial charge in [-0.1, -0.05) is 40.2 Å². The van der Waals surface area contributed by atoms with Gasteiger partial charge in [-0.15, -0.1) is 0 Å². The van der Waals surface area contributed by atoms with Crippen LogP contribution in [-0.2, 0) is 17.9 Å². The largest absolute Gasteiger partial charge is 0.352 e. The zero-order valence-corrected chi connectivity index (χ0v) is 20.3. The van der Waals surface area contributed by atoms with Crippen LogP contribution in [0.25, 0.3) is 16.7 Å². The summed E-state index contributed by atoms with van der Waals surface area (Å²) in [5.74, 6) is 0.680. The Labute approximate surface area is 206 Å². The molecule has 0 aliphatic carbocycles. The monoisotopic (exact) mass is 520 g/mol. The Morgan fingerprint density at radius 1 is 1.06 bits per heavy atom. The molecule has 34 heavy (non-hydrogen) atoms. The van der Waals surface area contributed by atoms with Gasteiger partial charge >= 0.3 is 0 Å². The molecule has 7 heteroatoms. The summed E-state index contributed by atoms with van der Waals surface area (Å²) >= 11 is 3.44. The van der Waals surface area contributed by atoms with Gasteiger partial charge in [-0.2, -0.15) is 0 Å². The first-order valence-electron chi connectivity index (χ1n) is 11.5. The van der Waals surface area contributed by atoms with Gasteiger partial charge < -0.3 is 5.32 Å². The molecular weight excluding hydrogens is 495 g/mol. The minimum absolute atomic E-state index is 0.0483. The highest BCUT2D eigenvalue weighted by atomic mass is 79.9. The quantitative estimate of drug-likeness (QED) is 0.367. The Bertz CT molecular complexity index is 1290. The first kappa shape index (κ1) is 22.7. The van der Waals surface area contributed by atoms with Gasteiger partial charge in [0.25, 0.3) is 0 Å². The van der Waals surface area contributed by atoms with Gasteiger partial charge in [0.15, 0.2) is 0 Å². The molecule has 1 N–H and O–H groups in total. The van der Waals surface area contributed by atoms with Crippen molar-refractivity contribution in [3.8, 4) is 5.69 Å². The predicted octanol–water partition coefficient (Wildman–Crippen LogP) is 5.46. The summed E-state index contributed by atoms with van der Waals surface area (Å²) in [6.45, 7) is 2.77. The van der Waals surface area contributed by atoms with Crippen molar-refractivity contribution in [2.45, 2.75) is 25.9 Å². The van der Waals surface area contributed by atoms with Crippen LogP contribution >= 0.6 is 15.9 Å². The van der Waals surface area contributed by atoms with Gasteiger partial charge in [-0.3, -0.25) is 14.3 Å². The summed E-state index contributed by atoms with van der Waals surface area (Å²) < 4.78 is 16.7. The van der Waals surface area contributed by atoms with E-state index in [0.717, 1.165) is 52.0 Å². The Morgan fingerprint density at radius 2 is 1.82 bits per heavy atom. The van der Waals surface area contributed by atoms with Gasteiger partial charge in [0.05, 0.1) is 23.5 Å². The Hall–Kier alpha value is -3.03. The van der Waals surface area contributed by atoms with Crippen LogP contribution < -0.4 is 5.32 Å². The number of halogens is 2. The molecule has 1 amide bonds. The van der Waals surface area contributed by atoms with Gasteiger partial charge in [-0.05, 0) is 73.5 Å². The summed E-state index contributed by atoms with van der Waals surface area (Å²) in [4.78, 5) is 20.1. The van der Waals surface area contributed by atoms with E-state index in [1.54, 1.807) is 12.1 Å². The molecule has 0 saturated carbocycles. The second-order valence-corrected chi connectivity index (χ2v) is 9.66. The summed E-state index contributed by atoms with van der Waals surface area (Å²) in [7, 11) is 0. The fourth-order valence-corrected chi connectivity index (χ4v) is 4.87. The van der Waals surface area contributed by atoms with Crippen molar-refractivity contribution in [3.05, 3.63) is 94.5 Å². The maximum Gasteiger partial charge on any atom is 0.224 e. The topological polar surface area (TPSA) is 50.2 Å². The van der Waals surface area contributed by atoms with Crippen molar-refractivity contribution >= 4 is 32.9 Å². The molecule has 1 aromatic heterocycles. The molecule has 1 aliphatic rings. The highest BCUT2D eigenvalue weighted by Gasteiger charge is 2.27. The van der Waals surface area contributed by atoms with E-state index in [9.17, 15) is 9.18 Å². The van der Waals surface area contributed by atoms with Crippen LogP contribution in [0.4, 0.5) is 4.39 Å². The van der Waals surface area contributed by atoms with E-state index in [1.165, 1.54) is 12.1 Å². The summed E-state index contributed by atoms with van der Waals surface area (Å²) in [6, 6.07) is 22.5. The van der Waals surface area contributed by atoms with Crippen molar-refractivity contribution in [2.24, 2.45) is 5.92 Å². The average molecular weight is 521 g/mol. The third-order valence-electron chi connectivity index (χ3n) is 6.34. The molecule has 4 aromatic rings. The number of carbonyl (C=O) groups excluding carboxylic acids is 1. The minimum atomic E-state index is -0.261. The number of para-hydroxylation sites is 2. The number of nitrogens with one attached hydrogen (secondary N) is 1. The maximum atomic E-state index is 13.5. The number of hydrogen-bond donors (Lipinski definition) is 1. The van der Waals surface area contributed by atoms with Crippen LogP contribution in [0, 0.1) is 11.7 Å². The van der Waals surface area contributed by atoms with Gasteiger partial charge in [0, 0.05) is 23.2 Å². The standard InChI is InChI=1S/C27H26BrFN4O/c28-21-9-7-19(8-10-21)16-30-27(34)20-4-3-15-32(17-20)18-26-31-24-5-1-2-6-25(24)33(26)23-13-11-22(29)12-14-23/h1-2,5-14,20H,3-4,15-18H2,(H,30,34)/t20-/m0/s1. The van der Waals surface area contributed by atoms with Crippen molar-refractivity contribution < 1.29 is 9.18 Å². The zero-order chi connectivity index (χ0) is 23.5. The van der Waals surface area contributed by atoms with E-state index in [0.29, 0.717) is 19.6 Å². The number of nitrogens with zero attached hydrogens (tertiary/aromatic N) is 3. The number of likely N-dealkylation sites (tertiary alicyclic amines) is 1. The molecule has 1 atom stereocenters. The SMILES string of the molecule is O=C(NCc1ccc(Br)cc1)[C@H]1CCCN(Cc2nc3ccccc3n2-c2ccc(F)cc2)C1. The normalized spacial score (nSPS) is 16.6. The number of fused-ring (bicyclic) bond motifs is 1. The number of imidazole rings is 1. The van der Waals surface area contributed by atoms with E-state index in [1.807, 2.05) is 48.5 Å². The van der Waals surface area contributed by atoms with Gasteiger partial charge in [0.1, 0.15) is 11.6 Å². The van der Waals surface area contributed by atoms with Crippen LogP contribution in [0.1, 0.15) is 24.2 Å². The number of hydrogen-bond acceptors (Lipinski definition) is 3. The molecule has 3 aromatic carbocycles. The lowest BCUT2D eigenvalue weighted by Crippen LogP contribution is -2.42. The number of benzene rings is 3. The van der Waals surface area contributed by atoms with Crippen molar-refractivity contribution in [1.82, 2.24) is 19.8 Å².